The van der Waals surface area contributed by atoms with Gasteiger partial charge in [0.05, 0.1) is 11.1 Å². The summed E-state index contributed by atoms with van der Waals surface area (Å²) in [6.07, 6.45) is 3.21. The van der Waals surface area contributed by atoms with Crippen LogP contribution in [0.2, 0.25) is 10.2 Å². The number of thiazole rings is 1. The number of para-hydroxylation sites is 1. The van der Waals surface area contributed by atoms with Gasteiger partial charge in [-0.15, -0.1) is 10.2 Å². The van der Waals surface area contributed by atoms with Gasteiger partial charge in [-0.1, -0.05) is 76.6 Å². The monoisotopic (exact) mass is 460 g/mol. The highest BCUT2D eigenvalue weighted by Crippen LogP contribution is 2.28. The van der Waals surface area contributed by atoms with Crippen molar-refractivity contribution in [2.24, 2.45) is 5.10 Å². The van der Waals surface area contributed by atoms with Gasteiger partial charge in [0.2, 0.25) is 5.16 Å². The van der Waals surface area contributed by atoms with Gasteiger partial charge in [0.15, 0.2) is 10.3 Å². The number of hydrogen-bond donors (Lipinski definition) is 1. The minimum absolute atomic E-state index is 0.389. The molecule has 0 saturated heterocycles. The predicted octanol–water partition coefficient (Wildman–Crippen LogP) is 5.96. The zero-order valence-electron chi connectivity index (χ0n) is 14.9. The van der Waals surface area contributed by atoms with E-state index in [4.69, 9.17) is 23.2 Å². The molecule has 0 aliphatic carbocycles. The predicted molar refractivity (Wildman–Crippen MR) is 121 cm³/mol. The van der Waals surface area contributed by atoms with Gasteiger partial charge in [0.25, 0.3) is 0 Å². The lowest BCUT2D eigenvalue weighted by Crippen LogP contribution is -1.92. The molecule has 1 N–H and O–H groups in total. The number of halogens is 2. The van der Waals surface area contributed by atoms with Crippen molar-refractivity contribution in [2.75, 3.05) is 5.32 Å². The van der Waals surface area contributed by atoms with E-state index in [1.54, 1.807) is 17.2 Å². The molecule has 0 radical (unpaired) electrons. The lowest BCUT2D eigenvalue weighted by atomic mass is 10.2. The maximum atomic E-state index is 6.26. The fourth-order valence-electron chi connectivity index (χ4n) is 2.33. The molecule has 0 aliphatic heterocycles. The van der Waals surface area contributed by atoms with Crippen LogP contribution in [-0.2, 0) is 5.75 Å². The van der Waals surface area contributed by atoms with E-state index in [2.05, 4.69) is 25.6 Å². The average Bonchev–Trinajstić information content (AvgIpc) is 3.32. The van der Waals surface area contributed by atoms with Gasteiger partial charge in [-0.25, -0.2) is 4.98 Å². The molecule has 4 aromatic rings. The van der Waals surface area contributed by atoms with Crippen molar-refractivity contribution >= 4 is 63.3 Å². The largest absolute Gasteiger partial charge is 0.331 e. The Morgan fingerprint density at radius 3 is 2.69 bits per heavy atom. The average molecular weight is 461 g/mol. The van der Waals surface area contributed by atoms with Crippen LogP contribution in [0.1, 0.15) is 10.4 Å². The first-order valence-corrected chi connectivity index (χ1v) is 11.0. The number of aromatic nitrogens is 4. The van der Waals surface area contributed by atoms with Crippen LogP contribution in [0, 0.1) is 0 Å². The number of benzene rings is 2. The lowest BCUT2D eigenvalue weighted by Gasteiger charge is -2.01. The summed E-state index contributed by atoms with van der Waals surface area (Å²) < 4.78 is 1.61. The van der Waals surface area contributed by atoms with Crippen molar-refractivity contribution in [1.82, 2.24) is 19.9 Å². The second kappa shape index (κ2) is 9.41. The zero-order chi connectivity index (χ0) is 20.1. The minimum atomic E-state index is 0.389. The fourth-order valence-corrected chi connectivity index (χ4v) is 4.32. The molecule has 2 heterocycles. The van der Waals surface area contributed by atoms with Crippen LogP contribution in [-0.4, -0.2) is 26.1 Å². The van der Waals surface area contributed by atoms with Crippen LogP contribution in [0.15, 0.2) is 71.2 Å². The summed E-state index contributed by atoms with van der Waals surface area (Å²) in [7, 11) is 0. The molecular weight excluding hydrogens is 447 g/mol. The van der Waals surface area contributed by atoms with Gasteiger partial charge >= 0.3 is 0 Å². The van der Waals surface area contributed by atoms with E-state index in [9.17, 15) is 0 Å². The maximum absolute atomic E-state index is 6.26. The smallest absolute Gasteiger partial charge is 0.212 e. The summed E-state index contributed by atoms with van der Waals surface area (Å²) in [4.78, 5) is 5.08. The van der Waals surface area contributed by atoms with E-state index in [1.165, 1.54) is 23.1 Å². The molecule has 2 aromatic carbocycles. The Bertz CT molecular complexity index is 1110. The number of nitrogens with zero attached hydrogens (tertiary/aromatic N) is 5. The van der Waals surface area contributed by atoms with E-state index in [-0.39, 0.29) is 0 Å². The lowest BCUT2D eigenvalue weighted by molar-refractivity contribution is 0.767. The maximum Gasteiger partial charge on any atom is 0.212 e. The Kier molecular flexibility index (Phi) is 6.46. The van der Waals surface area contributed by atoms with Crippen molar-refractivity contribution in [2.45, 2.75) is 10.9 Å². The van der Waals surface area contributed by atoms with Crippen LogP contribution in [0.4, 0.5) is 10.8 Å². The summed E-state index contributed by atoms with van der Waals surface area (Å²) in [5.41, 5.74) is 2.08. The molecule has 0 spiro atoms. The molecule has 0 amide bonds. The van der Waals surface area contributed by atoms with Gasteiger partial charge in [0, 0.05) is 16.5 Å². The van der Waals surface area contributed by atoms with Gasteiger partial charge in [-0.05, 0) is 29.8 Å². The van der Waals surface area contributed by atoms with Crippen molar-refractivity contribution in [3.63, 3.8) is 0 Å². The quantitative estimate of drug-likeness (QED) is 0.272. The fraction of sp³-hybridized carbons (Fsp3) is 0.0526. The van der Waals surface area contributed by atoms with Crippen LogP contribution in [0.3, 0.4) is 0 Å². The molecule has 0 aliphatic rings. The highest BCUT2D eigenvalue weighted by Gasteiger charge is 2.09. The van der Waals surface area contributed by atoms with E-state index >= 15 is 0 Å². The van der Waals surface area contributed by atoms with Crippen LogP contribution >= 0.6 is 46.3 Å². The summed E-state index contributed by atoms with van der Waals surface area (Å²) in [5.74, 6) is 0.734. The Hall–Kier alpha value is -2.39. The molecule has 4 rings (SSSR count). The van der Waals surface area contributed by atoms with E-state index in [0.717, 1.165) is 21.9 Å². The number of anilines is 2. The number of hydrogen-bond acceptors (Lipinski definition) is 7. The second-order valence-corrected chi connectivity index (χ2v) is 8.55. The molecule has 10 heteroatoms. The van der Waals surface area contributed by atoms with Gasteiger partial charge in [-0.3, -0.25) is 0 Å². The zero-order valence-corrected chi connectivity index (χ0v) is 18.0. The summed E-state index contributed by atoms with van der Waals surface area (Å²) >= 11 is 15.1. The van der Waals surface area contributed by atoms with Crippen LogP contribution in [0.5, 0.6) is 0 Å². The number of nitrogens with one attached hydrogen (secondary N) is 1. The topological polar surface area (TPSA) is 68.0 Å². The van der Waals surface area contributed by atoms with E-state index < -0.39 is 0 Å². The van der Waals surface area contributed by atoms with E-state index in [0.29, 0.717) is 20.5 Å². The van der Waals surface area contributed by atoms with Gasteiger partial charge < -0.3 is 5.32 Å². The third-order valence-corrected chi connectivity index (χ3v) is 6.28. The first-order chi connectivity index (χ1) is 14.2. The standard InChI is InChI=1S/C19H14Cl2N6S2/c20-14-8-6-13(7-9-14)11-28-19-26-22-12-27(19)23-10-16-17(21)25-18(29-16)24-15-4-2-1-3-5-15/h1-10,12H,11H2,(H,24,25)/b23-10+. The number of thioether (sulfide) groups is 1. The molecule has 0 atom stereocenters. The van der Waals surface area contributed by atoms with Crippen molar-refractivity contribution in [1.29, 1.82) is 0 Å². The third-order valence-electron chi connectivity index (χ3n) is 3.72. The Morgan fingerprint density at radius 1 is 1.10 bits per heavy atom. The van der Waals surface area contributed by atoms with Gasteiger partial charge in [-0.2, -0.15) is 9.78 Å². The Balaban J connectivity index is 1.43. The van der Waals surface area contributed by atoms with Crippen LogP contribution in [0.25, 0.3) is 0 Å². The summed E-state index contributed by atoms with van der Waals surface area (Å²) in [6, 6.07) is 17.5. The Morgan fingerprint density at radius 2 is 1.90 bits per heavy atom. The van der Waals surface area contributed by atoms with Crippen molar-refractivity contribution in [3.8, 4) is 0 Å². The van der Waals surface area contributed by atoms with Crippen molar-refractivity contribution in [3.05, 3.63) is 81.5 Å². The molecule has 0 bridgehead atoms. The summed E-state index contributed by atoms with van der Waals surface area (Å²) in [5, 5.41) is 18.2. The molecule has 0 fully saturated rings. The first kappa shape index (κ1) is 19.9. The molecule has 29 heavy (non-hydrogen) atoms. The summed E-state index contributed by atoms with van der Waals surface area (Å²) in [6.45, 7) is 0. The molecule has 0 saturated carbocycles. The Labute approximate surface area is 185 Å². The van der Waals surface area contributed by atoms with Gasteiger partial charge in [0.1, 0.15) is 6.33 Å². The second-order valence-electron chi connectivity index (χ2n) is 5.78. The first-order valence-electron chi connectivity index (χ1n) is 8.47. The molecule has 146 valence electrons. The molecule has 2 aromatic heterocycles. The highest BCUT2D eigenvalue weighted by atomic mass is 35.5. The molecular formula is C19H14Cl2N6S2. The minimum Gasteiger partial charge on any atom is -0.331 e. The van der Waals surface area contributed by atoms with Crippen LogP contribution < -0.4 is 5.32 Å². The SMILES string of the molecule is Clc1ccc(CSc2nncn2/N=C/c2sc(Nc3ccccc3)nc2Cl)cc1. The highest BCUT2D eigenvalue weighted by molar-refractivity contribution is 7.98. The number of rotatable bonds is 7. The molecule has 6 nitrogen and oxygen atoms in total. The van der Waals surface area contributed by atoms with Crippen molar-refractivity contribution < 1.29 is 0 Å². The molecule has 0 unspecified atom stereocenters. The normalized spacial score (nSPS) is 11.2. The van der Waals surface area contributed by atoms with E-state index in [1.807, 2.05) is 54.6 Å². The third kappa shape index (κ3) is 5.36.